The van der Waals surface area contributed by atoms with Crippen LogP contribution in [0.25, 0.3) is 10.9 Å². The van der Waals surface area contributed by atoms with Crippen molar-refractivity contribution >= 4 is 43.5 Å². The third-order valence-electron chi connectivity index (χ3n) is 3.19. The van der Waals surface area contributed by atoms with E-state index in [4.69, 9.17) is 0 Å². The van der Waals surface area contributed by atoms with Crippen molar-refractivity contribution in [3.05, 3.63) is 63.9 Å². The standard InChI is InChI=1S/C15H12INO2S/c1-11-2-5-14(6-3-11)20(18,19)17-9-8-12-10-13(16)4-7-15(12)17/h2-10H,1H3. The van der Waals surface area contributed by atoms with Crippen LogP contribution in [-0.4, -0.2) is 12.4 Å². The molecule has 0 saturated heterocycles. The maximum atomic E-state index is 12.7. The van der Waals surface area contributed by atoms with E-state index in [1.807, 2.05) is 43.3 Å². The average molecular weight is 397 g/mol. The number of aromatic nitrogens is 1. The van der Waals surface area contributed by atoms with Gasteiger partial charge in [-0.05, 0) is 65.9 Å². The third kappa shape index (κ3) is 2.25. The van der Waals surface area contributed by atoms with Gasteiger partial charge >= 0.3 is 0 Å². The van der Waals surface area contributed by atoms with Gasteiger partial charge in [0.1, 0.15) is 0 Å². The van der Waals surface area contributed by atoms with Crippen LogP contribution < -0.4 is 0 Å². The molecule has 102 valence electrons. The fraction of sp³-hybridized carbons (Fsp3) is 0.0667. The van der Waals surface area contributed by atoms with Crippen molar-refractivity contribution in [3.8, 4) is 0 Å². The third-order valence-corrected chi connectivity index (χ3v) is 5.57. The van der Waals surface area contributed by atoms with Crippen LogP contribution in [0.4, 0.5) is 0 Å². The van der Waals surface area contributed by atoms with Gasteiger partial charge in [0, 0.05) is 15.2 Å². The largest absolute Gasteiger partial charge is 0.268 e. The molecule has 0 unspecified atom stereocenters. The minimum Gasteiger partial charge on any atom is -0.241 e. The van der Waals surface area contributed by atoms with Crippen molar-refractivity contribution in [2.75, 3.05) is 0 Å². The second-order valence-electron chi connectivity index (χ2n) is 4.63. The van der Waals surface area contributed by atoms with E-state index in [-0.39, 0.29) is 0 Å². The molecule has 20 heavy (non-hydrogen) atoms. The molecule has 0 bridgehead atoms. The van der Waals surface area contributed by atoms with E-state index >= 15 is 0 Å². The van der Waals surface area contributed by atoms with E-state index in [1.165, 1.54) is 3.97 Å². The number of fused-ring (bicyclic) bond motifs is 1. The molecule has 0 atom stereocenters. The Bertz CT molecular complexity index is 880. The van der Waals surface area contributed by atoms with E-state index in [0.29, 0.717) is 10.4 Å². The van der Waals surface area contributed by atoms with Crippen LogP contribution in [0.3, 0.4) is 0 Å². The quantitative estimate of drug-likeness (QED) is 0.618. The topological polar surface area (TPSA) is 39.1 Å². The van der Waals surface area contributed by atoms with Crippen LogP contribution in [0, 0.1) is 10.5 Å². The van der Waals surface area contributed by atoms with Crippen LogP contribution in [0.5, 0.6) is 0 Å². The molecule has 0 radical (unpaired) electrons. The van der Waals surface area contributed by atoms with Crippen LogP contribution in [0.2, 0.25) is 0 Å². The Kier molecular flexibility index (Phi) is 3.33. The van der Waals surface area contributed by atoms with Crippen molar-refractivity contribution < 1.29 is 8.42 Å². The smallest absolute Gasteiger partial charge is 0.241 e. The summed E-state index contributed by atoms with van der Waals surface area (Å²) in [5.74, 6) is 0. The summed E-state index contributed by atoms with van der Waals surface area (Å²) >= 11 is 2.21. The molecular weight excluding hydrogens is 385 g/mol. The molecule has 1 aromatic heterocycles. The molecular formula is C15H12INO2S. The van der Waals surface area contributed by atoms with Crippen molar-refractivity contribution in [3.63, 3.8) is 0 Å². The van der Waals surface area contributed by atoms with Crippen molar-refractivity contribution in [2.45, 2.75) is 11.8 Å². The zero-order valence-electron chi connectivity index (χ0n) is 10.7. The van der Waals surface area contributed by atoms with Crippen LogP contribution in [-0.2, 0) is 10.0 Å². The van der Waals surface area contributed by atoms with Crippen LogP contribution >= 0.6 is 22.6 Å². The predicted octanol–water partition coefficient (Wildman–Crippen LogP) is 3.79. The first-order valence-electron chi connectivity index (χ1n) is 6.07. The number of aryl methyl sites for hydroxylation is 1. The maximum Gasteiger partial charge on any atom is 0.268 e. The molecule has 3 nitrogen and oxygen atoms in total. The lowest BCUT2D eigenvalue weighted by atomic mass is 10.2. The zero-order chi connectivity index (χ0) is 14.3. The minimum absolute atomic E-state index is 0.305. The molecule has 0 N–H and O–H groups in total. The summed E-state index contributed by atoms with van der Waals surface area (Å²) in [5, 5.41) is 0.924. The van der Waals surface area contributed by atoms with E-state index in [2.05, 4.69) is 22.6 Å². The lowest BCUT2D eigenvalue weighted by Gasteiger charge is -2.08. The highest BCUT2D eigenvalue weighted by molar-refractivity contribution is 14.1. The van der Waals surface area contributed by atoms with Gasteiger partial charge in [-0.2, -0.15) is 0 Å². The maximum absolute atomic E-state index is 12.7. The molecule has 0 aliphatic rings. The molecule has 0 spiro atoms. The highest BCUT2D eigenvalue weighted by Gasteiger charge is 2.18. The number of rotatable bonds is 2. The first-order valence-corrected chi connectivity index (χ1v) is 8.59. The SMILES string of the molecule is Cc1ccc(S(=O)(=O)n2ccc3cc(I)ccc32)cc1. The molecule has 0 fully saturated rings. The normalized spacial score (nSPS) is 11.9. The molecule has 2 aromatic carbocycles. The number of benzene rings is 2. The Balaban J connectivity index is 2.21. The van der Waals surface area contributed by atoms with Gasteiger partial charge in [-0.15, -0.1) is 0 Å². The summed E-state index contributed by atoms with van der Waals surface area (Å²) in [6, 6.07) is 14.4. The van der Waals surface area contributed by atoms with E-state index in [9.17, 15) is 8.42 Å². The van der Waals surface area contributed by atoms with Crippen molar-refractivity contribution in [2.24, 2.45) is 0 Å². The van der Waals surface area contributed by atoms with Gasteiger partial charge < -0.3 is 0 Å². The molecule has 0 aliphatic carbocycles. The first kappa shape index (κ1) is 13.6. The molecule has 3 rings (SSSR count). The molecule has 0 saturated carbocycles. The highest BCUT2D eigenvalue weighted by atomic mass is 127. The predicted molar refractivity (Wildman–Crippen MR) is 88.4 cm³/mol. The number of nitrogens with zero attached hydrogens (tertiary/aromatic N) is 1. The summed E-state index contributed by atoms with van der Waals surface area (Å²) in [6.45, 7) is 1.93. The van der Waals surface area contributed by atoms with E-state index in [0.717, 1.165) is 14.5 Å². The second-order valence-corrected chi connectivity index (χ2v) is 7.69. The Hall–Kier alpha value is -1.34. The lowest BCUT2D eigenvalue weighted by molar-refractivity contribution is 0.589. The Labute approximate surface area is 131 Å². The number of hydrogen-bond donors (Lipinski definition) is 0. The summed E-state index contributed by atoms with van der Waals surface area (Å²) in [6.07, 6.45) is 1.61. The second kappa shape index (κ2) is 4.89. The molecule has 5 heteroatoms. The van der Waals surface area contributed by atoms with Crippen molar-refractivity contribution in [1.82, 2.24) is 3.97 Å². The highest BCUT2D eigenvalue weighted by Crippen LogP contribution is 2.23. The average Bonchev–Trinajstić information content (AvgIpc) is 2.82. The van der Waals surface area contributed by atoms with Crippen LogP contribution in [0.15, 0.2) is 59.6 Å². The molecule has 0 aliphatic heterocycles. The summed E-state index contributed by atoms with van der Waals surface area (Å²) in [4.78, 5) is 0.305. The summed E-state index contributed by atoms with van der Waals surface area (Å²) in [7, 11) is -3.54. The van der Waals surface area contributed by atoms with Gasteiger partial charge in [-0.1, -0.05) is 17.7 Å². The molecule has 0 amide bonds. The summed E-state index contributed by atoms with van der Waals surface area (Å²) < 4.78 is 27.8. The summed E-state index contributed by atoms with van der Waals surface area (Å²) in [5.41, 5.74) is 1.74. The fourth-order valence-corrected chi connectivity index (χ4v) is 3.99. The van der Waals surface area contributed by atoms with Gasteiger partial charge in [-0.3, -0.25) is 0 Å². The van der Waals surface area contributed by atoms with Gasteiger partial charge in [-0.25, -0.2) is 12.4 Å². The monoisotopic (exact) mass is 397 g/mol. The van der Waals surface area contributed by atoms with Gasteiger partial charge in [0.15, 0.2) is 0 Å². The Morgan fingerprint density at radius 1 is 1.00 bits per heavy atom. The Morgan fingerprint density at radius 3 is 2.40 bits per heavy atom. The number of hydrogen-bond acceptors (Lipinski definition) is 2. The number of halogens is 1. The van der Waals surface area contributed by atoms with Gasteiger partial charge in [0.25, 0.3) is 10.0 Å². The van der Waals surface area contributed by atoms with Crippen molar-refractivity contribution in [1.29, 1.82) is 0 Å². The fourth-order valence-electron chi connectivity index (χ4n) is 2.12. The van der Waals surface area contributed by atoms with Crippen LogP contribution in [0.1, 0.15) is 5.56 Å². The van der Waals surface area contributed by atoms with E-state index in [1.54, 1.807) is 18.3 Å². The molecule has 3 aromatic rings. The van der Waals surface area contributed by atoms with E-state index < -0.39 is 10.0 Å². The van der Waals surface area contributed by atoms with Gasteiger partial charge in [0.2, 0.25) is 0 Å². The lowest BCUT2D eigenvalue weighted by Crippen LogP contribution is -2.11. The Morgan fingerprint density at radius 2 is 1.70 bits per heavy atom. The zero-order valence-corrected chi connectivity index (χ0v) is 13.7. The van der Waals surface area contributed by atoms with Gasteiger partial charge in [0.05, 0.1) is 10.4 Å². The molecule has 1 heterocycles. The first-order chi connectivity index (χ1) is 9.48. The minimum atomic E-state index is -3.54.